The zero-order valence-corrected chi connectivity index (χ0v) is 11.9. The number of ether oxygens (including phenoxy) is 1. The van der Waals surface area contributed by atoms with Crippen LogP contribution in [0.1, 0.15) is 17.2 Å². The molecule has 0 spiro atoms. The average Bonchev–Trinajstić information content (AvgIpc) is 2.96. The van der Waals surface area contributed by atoms with Gasteiger partial charge in [0, 0.05) is 6.08 Å². The highest BCUT2D eigenvalue weighted by Crippen LogP contribution is 2.27. The fourth-order valence-corrected chi connectivity index (χ4v) is 2.40. The zero-order valence-electron chi connectivity index (χ0n) is 11.9. The van der Waals surface area contributed by atoms with Crippen molar-refractivity contribution in [3.8, 4) is 0 Å². The van der Waals surface area contributed by atoms with E-state index in [1.807, 2.05) is 60.7 Å². The highest BCUT2D eigenvalue weighted by atomic mass is 16.6. The van der Waals surface area contributed by atoms with Crippen molar-refractivity contribution >= 4 is 18.1 Å². The van der Waals surface area contributed by atoms with Crippen LogP contribution in [0.3, 0.4) is 0 Å². The Morgan fingerprint density at radius 3 is 2.36 bits per heavy atom. The van der Waals surface area contributed by atoms with Gasteiger partial charge in [0.15, 0.2) is 0 Å². The number of nitrogens with zero attached hydrogens (tertiary/aromatic N) is 1. The minimum atomic E-state index is -0.600. The minimum absolute atomic E-state index is 0.188. The lowest BCUT2D eigenvalue weighted by Gasteiger charge is -2.18. The third-order valence-electron chi connectivity index (χ3n) is 3.51. The summed E-state index contributed by atoms with van der Waals surface area (Å²) in [6, 6.07) is 18.5. The van der Waals surface area contributed by atoms with Crippen LogP contribution in [0.4, 0.5) is 4.79 Å². The number of rotatable bonds is 3. The fourth-order valence-electron chi connectivity index (χ4n) is 2.40. The monoisotopic (exact) mass is 293 g/mol. The summed E-state index contributed by atoms with van der Waals surface area (Å²) in [5.41, 5.74) is 1.79. The topological polar surface area (TPSA) is 46.6 Å². The number of hydrogen-bond donors (Lipinski definition) is 0. The third kappa shape index (κ3) is 2.91. The van der Waals surface area contributed by atoms with Crippen LogP contribution in [0.15, 0.2) is 66.7 Å². The van der Waals surface area contributed by atoms with E-state index in [1.54, 1.807) is 6.08 Å². The molecule has 4 nitrogen and oxygen atoms in total. The zero-order chi connectivity index (χ0) is 15.4. The molecule has 1 atom stereocenters. The van der Waals surface area contributed by atoms with Crippen LogP contribution in [0.2, 0.25) is 0 Å². The molecule has 1 fully saturated rings. The summed E-state index contributed by atoms with van der Waals surface area (Å²) in [5, 5.41) is 0. The van der Waals surface area contributed by atoms with Gasteiger partial charge in [-0.15, -0.1) is 0 Å². The van der Waals surface area contributed by atoms with Gasteiger partial charge in [0.25, 0.3) is 5.91 Å². The van der Waals surface area contributed by atoms with E-state index >= 15 is 0 Å². The number of carbonyl (C=O) groups is 2. The van der Waals surface area contributed by atoms with Crippen LogP contribution < -0.4 is 0 Å². The molecular weight excluding hydrogens is 278 g/mol. The molecule has 0 aliphatic carbocycles. The second-order valence-electron chi connectivity index (χ2n) is 4.96. The second kappa shape index (κ2) is 6.26. The molecular formula is C18H15NO3. The summed E-state index contributed by atoms with van der Waals surface area (Å²) in [5.74, 6) is -0.375. The van der Waals surface area contributed by atoms with Gasteiger partial charge in [0.05, 0.1) is 0 Å². The molecule has 1 unspecified atom stereocenters. The summed E-state index contributed by atoms with van der Waals surface area (Å²) in [6.45, 7) is 0.188. The normalized spacial score (nSPS) is 17.7. The molecule has 2 aromatic carbocycles. The van der Waals surface area contributed by atoms with Crippen molar-refractivity contribution in [2.24, 2.45) is 0 Å². The average molecular weight is 293 g/mol. The molecule has 0 aromatic heterocycles. The Labute approximate surface area is 128 Å². The number of imide groups is 1. The Bertz CT molecular complexity index is 695. The Balaban J connectivity index is 1.80. The van der Waals surface area contributed by atoms with Crippen molar-refractivity contribution < 1.29 is 14.3 Å². The van der Waals surface area contributed by atoms with Crippen molar-refractivity contribution in [1.82, 2.24) is 4.90 Å². The Morgan fingerprint density at radius 1 is 1.05 bits per heavy atom. The van der Waals surface area contributed by atoms with E-state index in [9.17, 15) is 9.59 Å². The first kappa shape index (κ1) is 14.1. The molecule has 1 saturated heterocycles. The van der Waals surface area contributed by atoms with Crippen LogP contribution in [0.5, 0.6) is 0 Å². The number of benzene rings is 2. The highest BCUT2D eigenvalue weighted by molar-refractivity contribution is 6.02. The van der Waals surface area contributed by atoms with Gasteiger partial charge in [-0.2, -0.15) is 0 Å². The smallest absolute Gasteiger partial charge is 0.417 e. The van der Waals surface area contributed by atoms with Crippen molar-refractivity contribution in [2.75, 3.05) is 6.61 Å². The molecule has 1 aliphatic heterocycles. The Kier molecular flexibility index (Phi) is 4.01. The summed E-state index contributed by atoms with van der Waals surface area (Å²) >= 11 is 0. The van der Waals surface area contributed by atoms with E-state index < -0.39 is 6.09 Å². The molecule has 0 N–H and O–H groups in total. The standard InChI is InChI=1S/C18H15NO3/c20-17(12-11-14-7-3-1-4-8-14)19-16(13-22-18(19)21)15-9-5-2-6-10-15/h1-12,16H,13H2. The Morgan fingerprint density at radius 2 is 1.68 bits per heavy atom. The lowest BCUT2D eigenvalue weighted by molar-refractivity contribution is -0.124. The molecule has 3 rings (SSSR count). The number of amides is 2. The minimum Gasteiger partial charge on any atom is -0.446 e. The van der Waals surface area contributed by atoms with Gasteiger partial charge in [-0.3, -0.25) is 4.79 Å². The van der Waals surface area contributed by atoms with E-state index in [-0.39, 0.29) is 18.6 Å². The molecule has 0 radical (unpaired) electrons. The lowest BCUT2D eigenvalue weighted by Crippen LogP contribution is -2.32. The van der Waals surface area contributed by atoms with Crippen molar-refractivity contribution in [1.29, 1.82) is 0 Å². The summed E-state index contributed by atoms with van der Waals surface area (Å²) < 4.78 is 5.04. The molecule has 2 aromatic rings. The largest absolute Gasteiger partial charge is 0.446 e. The van der Waals surface area contributed by atoms with Gasteiger partial charge in [-0.25, -0.2) is 9.69 Å². The van der Waals surface area contributed by atoms with Gasteiger partial charge >= 0.3 is 6.09 Å². The quantitative estimate of drug-likeness (QED) is 0.815. The van der Waals surface area contributed by atoms with Gasteiger partial charge in [0.2, 0.25) is 0 Å². The number of carbonyl (C=O) groups excluding carboxylic acids is 2. The van der Waals surface area contributed by atoms with Crippen LogP contribution in [-0.2, 0) is 9.53 Å². The molecule has 1 aliphatic rings. The van der Waals surface area contributed by atoms with Crippen LogP contribution in [0, 0.1) is 0 Å². The molecule has 4 heteroatoms. The molecule has 110 valence electrons. The van der Waals surface area contributed by atoms with E-state index in [2.05, 4.69) is 0 Å². The predicted octanol–water partition coefficient (Wildman–Crippen LogP) is 3.42. The van der Waals surface area contributed by atoms with E-state index in [0.717, 1.165) is 16.0 Å². The first-order valence-electron chi connectivity index (χ1n) is 7.04. The van der Waals surface area contributed by atoms with Gasteiger partial charge < -0.3 is 4.74 Å². The molecule has 0 saturated carbocycles. The number of hydrogen-bond acceptors (Lipinski definition) is 3. The molecule has 22 heavy (non-hydrogen) atoms. The Hall–Kier alpha value is -2.88. The second-order valence-corrected chi connectivity index (χ2v) is 4.96. The molecule has 2 amide bonds. The van der Waals surface area contributed by atoms with Gasteiger partial charge in [0.1, 0.15) is 12.6 Å². The third-order valence-corrected chi connectivity index (χ3v) is 3.51. The lowest BCUT2D eigenvalue weighted by atomic mass is 10.1. The molecule has 0 bridgehead atoms. The van der Waals surface area contributed by atoms with Crippen LogP contribution in [0.25, 0.3) is 6.08 Å². The van der Waals surface area contributed by atoms with Crippen molar-refractivity contribution in [3.63, 3.8) is 0 Å². The van der Waals surface area contributed by atoms with E-state index in [1.165, 1.54) is 6.08 Å². The van der Waals surface area contributed by atoms with Crippen LogP contribution in [-0.4, -0.2) is 23.5 Å². The SMILES string of the molecule is O=C(C=Cc1ccccc1)N1C(=O)OCC1c1ccccc1. The van der Waals surface area contributed by atoms with E-state index in [4.69, 9.17) is 4.74 Å². The summed E-state index contributed by atoms with van der Waals surface area (Å²) in [4.78, 5) is 25.4. The summed E-state index contributed by atoms with van der Waals surface area (Å²) in [6.07, 6.45) is 2.49. The first-order valence-corrected chi connectivity index (χ1v) is 7.04. The summed E-state index contributed by atoms with van der Waals surface area (Å²) in [7, 11) is 0. The molecule has 1 heterocycles. The fraction of sp³-hybridized carbons (Fsp3) is 0.111. The maximum atomic E-state index is 12.4. The van der Waals surface area contributed by atoms with E-state index in [0.29, 0.717) is 0 Å². The maximum Gasteiger partial charge on any atom is 0.417 e. The van der Waals surface area contributed by atoms with Gasteiger partial charge in [-0.05, 0) is 17.2 Å². The van der Waals surface area contributed by atoms with Gasteiger partial charge in [-0.1, -0.05) is 60.7 Å². The predicted molar refractivity (Wildman–Crippen MR) is 82.9 cm³/mol. The number of cyclic esters (lactones) is 1. The maximum absolute atomic E-state index is 12.4. The van der Waals surface area contributed by atoms with Crippen LogP contribution >= 0.6 is 0 Å². The first-order chi connectivity index (χ1) is 10.8. The van der Waals surface area contributed by atoms with Crippen molar-refractivity contribution in [2.45, 2.75) is 6.04 Å². The van der Waals surface area contributed by atoms with Crippen molar-refractivity contribution in [3.05, 3.63) is 77.9 Å². The highest BCUT2D eigenvalue weighted by Gasteiger charge is 2.37.